The molecule has 1 saturated heterocycles. The zero-order valence-electron chi connectivity index (χ0n) is 19.3. The standard InChI is InChI=1S/C29H26FN3O2/c30-26-7-1-4-21(17-26)27-9-8-22(29(34)33-12-14-35-15-13-33)16-25(27)18-28(23-5-2-10-31-19-23)24-6-3-11-32-20-24/h1-11,16-17,19-20,28H,12-15,18H2. The highest BCUT2D eigenvalue weighted by Crippen LogP contribution is 2.33. The number of morpholine rings is 1. The Labute approximate surface area is 204 Å². The Hall–Kier alpha value is -3.90. The van der Waals surface area contributed by atoms with Gasteiger partial charge in [-0.15, -0.1) is 0 Å². The van der Waals surface area contributed by atoms with Crippen LogP contribution >= 0.6 is 0 Å². The summed E-state index contributed by atoms with van der Waals surface area (Å²) < 4.78 is 19.5. The molecule has 0 saturated carbocycles. The van der Waals surface area contributed by atoms with Gasteiger partial charge in [0.05, 0.1) is 13.2 Å². The van der Waals surface area contributed by atoms with Crippen LogP contribution in [0.5, 0.6) is 0 Å². The van der Waals surface area contributed by atoms with Crippen molar-refractivity contribution in [2.75, 3.05) is 26.3 Å². The van der Waals surface area contributed by atoms with Gasteiger partial charge in [0.15, 0.2) is 0 Å². The van der Waals surface area contributed by atoms with Crippen molar-refractivity contribution in [2.24, 2.45) is 0 Å². The highest BCUT2D eigenvalue weighted by molar-refractivity contribution is 5.95. The molecule has 4 aromatic rings. The summed E-state index contributed by atoms with van der Waals surface area (Å²) in [6.07, 6.45) is 7.84. The first-order chi connectivity index (χ1) is 17.2. The molecule has 0 N–H and O–H groups in total. The molecule has 5 nitrogen and oxygen atoms in total. The summed E-state index contributed by atoms with van der Waals surface area (Å²) in [6, 6.07) is 20.2. The van der Waals surface area contributed by atoms with Gasteiger partial charge < -0.3 is 9.64 Å². The van der Waals surface area contributed by atoms with E-state index >= 15 is 0 Å². The zero-order valence-corrected chi connectivity index (χ0v) is 19.3. The monoisotopic (exact) mass is 467 g/mol. The number of nitrogens with zero attached hydrogens (tertiary/aromatic N) is 3. The number of benzene rings is 2. The minimum Gasteiger partial charge on any atom is -0.378 e. The molecule has 176 valence electrons. The van der Waals surface area contributed by atoms with E-state index in [2.05, 4.69) is 22.1 Å². The molecule has 1 aliphatic heterocycles. The molecular weight excluding hydrogens is 441 g/mol. The number of hydrogen-bond acceptors (Lipinski definition) is 4. The molecule has 0 bridgehead atoms. The topological polar surface area (TPSA) is 55.3 Å². The van der Waals surface area contributed by atoms with E-state index in [9.17, 15) is 9.18 Å². The van der Waals surface area contributed by atoms with Crippen molar-refractivity contribution in [3.63, 3.8) is 0 Å². The van der Waals surface area contributed by atoms with Gasteiger partial charge in [-0.2, -0.15) is 0 Å². The van der Waals surface area contributed by atoms with E-state index in [0.29, 0.717) is 38.3 Å². The SMILES string of the molecule is O=C(c1ccc(-c2cccc(F)c2)c(CC(c2cccnc2)c2cccnc2)c1)N1CCOCC1. The lowest BCUT2D eigenvalue weighted by Crippen LogP contribution is -2.40. The van der Waals surface area contributed by atoms with Crippen LogP contribution in [0.2, 0.25) is 0 Å². The first-order valence-electron chi connectivity index (χ1n) is 11.7. The van der Waals surface area contributed by atoms with Gasteiger partial charge in [-0.3, -0.25) is 14.8 Å². The summed E-state index contributed by atoms with van der Waals surface area (Å²) in [6.45, 7) is 2.25. The van der Waals surface area contributed by atoms with Crippen LogP contribution in [-0.4, -0.2) is 47.1 Å². The van der Waals surface area contributed by atoms with Gasteiger partial charge >= 0.3 is 0 Å². The maximum absolute atomic E-state index is 14.1. The van der Waals surface area contributed by atoms with Gasteiger partial charge in [0.2, 0.25) is 0 Å². The molecule has 35 heavy (non-hydrogen) atoms. The number of carbonyl (C=O) groups excluding carboxylic acids is 1. The number of pyridine rings is 2. The predicted molar refractivity (Wildman–Crippen MR) is 133 cm³/mol. The van der Waals surface area contributed by atoms with Gasteiger partial charge in [-0.05, 0) is 70.6 Å². The summed E-state index contributed by atoms with van der Waals surface area (Å²) >= 11 is 0. The van der Waals surface area contributed by atoms with Crippen molar-refractivity contribution in [1.29, 1.82) is 0 Å². The van der Waals surface area contributed by atoms with Crippen LogP contribution in [0.1, 0.15) is 33.0 Å². The Kier molecular flexibility index (Phi) is 6.91. The normalized spacial score (nSPS) is 13.7. The van der Waals surface area contributed by atoms with E-state index in [1.807, 2.05) is 53.7 Å². The molecule has 2 aromatic carbocycles. The van der Waals surface area contributed by atoms with Crippen molar-refractivity contribution in [1.82, 2.24) is 14.9 Å². The predicted octanol–water partition coefficient (Wildman–Crippen LogP) is 5.13. The van der Waals surface area contributed by atoms with E-state index in [-0.39, 0.29) is 17.6 Å². The van der Waals surface area contributed by atoms with Crippen LogP contribution in [0.4, 0.5) is 4.39 Å². The number of aromatic nitrogens is 2. The van der Waals surface area contributed by atoms with Crippen LogP contribution in [0, 0.1) is 5.82 Å². The first-order valence-corrected chi connectivity index (χ1v) is 11.7. The van der Waals surface area contributed by atoms with E-state index in [1.54, 1.807) is 18.5 Å². The lowest BCUT2D eigenvalue weighted by atomic mass is 9.84. The number of halogens is 1. The second-order valence-electron chi connectivity index (χ2n) is 8.62. The second-order valence-corrected chi connectivity index (χ2v) is 8.62. The van der Waals surface area contributed by atoms with E-state index < -0.39 is 0 Å². The quantitative estimate of drug-likeness (QED) is 0.395. The maximum atomic E-state index is 14.1. The Morgan fingerprint density at radius 3 is 2.26 bits per heavy atom. The fourth-order valence-electron chi connectivity index (χ4n) is 4.59. The van der Waals surface area contributed by atoms with E-state index in [0.717, 1.165) is 27.8 Å². The molecular formula is C29H26FN3O2. The molecule has 1 aliphatic rings. The minimum atomic E-state index is -0.294. The molecule has 2 aromatic heterocycles. The molecule has 3 heterocycles. The number of ether oxygens (including phenoxy) is 1. The molecule has 0 spiro atoms. The Morgan fingerprint density at radius 2 is 1.63 bits per heavy atom. The lowest BCUT2D eigenvalue weighted by Gasteiger charge is -2.27. The molecule has 6 heteroatoms. The van der Waals surface area contributed by atoms with Crippen LogP contribution < -0.4 is 0 Å². The van der Waals surface area contributed by atoms with Crippen molar-refractivity contribution >= 4 is 5.91 Å². The van der Waals surface area contributed by atoms with Crippen LogP contribution in [0.15, 0.2) is 91.5 Å². The molecule has 0 aliphatic carbocycles. The number of carbonyl (C=O) groups is 1. The Balaban J connectivity index is 1.59. The van der Waals surface area contributed by atoms with Gasteiger partial charge in [-0.1, -0.05) is 30.3 Å². The zero-order chi connectivity index (χ0) is 24.0. The molecule has 0 unspecified atom stereocenters. The highest BCUT2D eigenvalue weighted by Gasteiger charge is 2.22. The summed E-state index contributed by atoms with van der Waals surface area (Å²) in [5.74, 6) is -0.337. The smallest absolute Gasteiger partial charge is 0.254 e. The van der Waals surface area contributed by atoms with E-state index in [1.165, 1.54) is 12.1 Å². The third-order valence-corrected chi connectivity index (χ3v) is 6.38. The fraction of sp³-hybridized carbons (Fsp3) is 0.207. The largest absolute Gasteiger partial charge is 0.378 e. The third-order valence-electron chi connectivity index (χ3n) is 6.38. The number of hydrogen-bond donors (Lipinski definition) is 0. The van der Waals surface area contributed by atoms with Crippen molar-refractivity contribution < 1.29 is 13.9 Å². The number of rotatable bonds is 6. The van der Waals surface area contributed by atoms with Crippen molar-refractivity contribution in [2.45, 2.75) is 12.3 Å². The third kappa shape index (κ3) is 5.28. The Bertz CT molecular complexity index is 1250. The average Bonchev–Trinajstić information content (AvgIpc) is 2.92. The molecule has 1 amide bonds. The lowest BCUT2D eigenvalue weighted by molar-refractivity contribution is 0.0303. The fourth-order valence-corrected chi connectivity index (χ4v) is 4.59. The Morgan fingerprint density at radius 1 is 0.914 bits per heavy atom. The van der Waals surface area contributed by atoms with Crippen molar-refractivity contribution in [3.05, 3.63) is 120 Å². The van der Waals surface area contributed by atoms with Gasteiger partial charge in [0.25, 0.3) is 5.91 Å². The summed E-state index contributed by atoms with van der Waals surface area (Å²) in [5.41, 5.74) is 5.37. The molecule has 0 atom stereocenters. The minimum absolute atomic E-state index is 0.0142. The highest BCUT2D eigenvalue weighted by atomic mass is 19.1. The van der Waals surface area contributed by atoms with Gasteiger partial charge in [0.1, 0.15) is 5.82 Å². The summed E-state index contributed by atoms with van der Waals surface area (Å²) in [4.78, 5) is 23.8. The maximum Gasteiger partial charge on any atom is 0.254 e. The van der Waals surface area contributed by atoms with Crippen LogP contribution in [0.3, 0.4) is 0 Å². The molecule has 0 radical (unpaired) electrons. The van der Waals surface area contributed by atoms with Crippen LogP contribution in [0.25, 0.3) is 11.1 Å². The molecule has 1 fully saturated rings. The summed E-state index contributed by atoms with van der Waals surface area (Å²) in [5, 5.41) is 0. The van der Waals surface area contributed by atoms with Crippen molar-refractivity contribution in [3.8, 4) is 11.1 Å². The van der Waals surface area contributed by atoms with Gasteiger partial charge in [-0.25, -0.2) is 4.39 Å². The first kappa shape index (κ1) is 22.9. The van der Waals surface area contributed by atoms with Crippen LogP contribution in [-0.2, 0) is 11.2 Å². The average molecular weight is 468 g/mol. The van der Waals surface area contributed by atoms with Gasteiger partial charge in [0, 0.05) is 49.4 Å². The molecule has 5 rings (SSSR count). The summed E-state index contributed by atoms with van der Waals surface area (Å²) in [7, 11) is 0. The second kappa shape index (κ2) is 10.6. The number of amides is 1. The van der Waals surface area contributed by atoms with E-state index in [4.69, 9.17) is 4.74 Å².